The molecule has 1 unspecified atom stereocenters. The molecule has 1 atom stereocenters. The molecule has 0 radical (unpaired) electrons. The van der Waals surface area contributed by atoms with Crippen LogP contribution in [-0.2, 0) is 9.53 Å². The first-order chi connectivity index (χ1) is 6.74. The third-order valence-electron chi connectivity index (χ3n) is 2.60. The number of carbonyl (C=O) groups is 1. The highest BCUT2D eigenvalue weighted by molar-refractivity contribution is 5.74. The smallest absolute Gasteiger partial charge is 0.336 e. The first-order valence-corrected chi connectivity index (χ1v) is 5.22. The number of rotatable bonds is 3. The highest BCUT2D eigenvalue weighted by Crippen LogP contribution is 2.09. The predicted molar refractivity (Wildman–Crippen MR) is 52.9 cm³/mol. The number of hydrogen-bond donors (Lipinski definition) is 1. The van der Waals surface area contributed by atoms with E-state index < -0.39 is 12.1 Å². The molecule has 0 aromatic carbocycles. The summed E-state index contributed by atoms with van der Waals surface area (Å²) >= 11 is 0. The van der Waals surface area contributed by atoms with E-state index in [0.717, 1.165) is 25.9 Å². The van der Waals surface area contributed by atoms with Crippen molar-refractivity contribution in [3.8, 4) is 0 Å². The molecule has 0 amide bonds. The number of nitrogens with zero attached hydrogens (tertiary/aromatic N) is 1. The Bertz CT molecular complexity index is 176. The minimum Gasteiger partial charge on any atom is -0.467 e. The normalized spacial score (nSPS) is 21.3. The molecule has 1 rings (SSSR count). The highest BCUT2D eigenvalue weighted by Gasteiger charge is 2.19. The lowest BCUT2D eigenvalue weighted by Crippen LogP contribution is -2.38. The zero-order valence-electron chi connectivity index (χ0n) is 8.74. The maximum atomic E-state index is 11.0. The molecule has 0 saturated carbocycles. The van der Waals surface area contributed by atoms with E-state index in [0.29, 0.717) is 6.54 Å². The summed E-state index contributed by atoms with van der Waals surface area (Å²) in [5, 5.41) is 9.45. The van der Waals surface area contributed by atoms with E-state index >= 15 is 0 Å². The van der Waals surface area contributed by atoms with Crippen molar-refractivity contribution in [1.82, 2.24) is 4.90 Å². The standard InChI is InChI=1S/C10H19NO3/c1-14-10(13)9(12)8-11-6-4-2-3-5-7-11/h9,12H,2-8H2,1H3. The lowest BCUT2D eigenvalue weighted by atomic mass is 10.2. The molecule has 1 N–H and O–H groups in total. The molecule has 4 heteroatoms. The van der Waals surface area contributed by atoms with Gasteiger partial charge in [-0.15, -0.1) is 0 Å². The van der Waals surface area contributed by atoms with Gasteiger partial charge in [0.2, 0.25) is 0 Å². The van der Waals surface area contributed by atoms with Crippen LogP contribution < -0.4 is 0 Å². The average molecular weight is 201 g/mol. The van der Waals surface area contributed by atoms with Gasteiger partial charge in [0.25, 0.3) is 0 Å². The number of esters is 1. The molecule has 82 valence electrons. The molecule has 0 bridgehead atoms. The number of aliphatic hydroxyl groups excluding tert-OH is 1. The lowest BCUT2D eigenvalue weighted by Gasteiger charge is -2.21. The van der Waals surface area contributed by atoms with E-state index in [4.69, 9.17) is 0 Å². The Morgan fingerprint density at radius 3 is 2.43 bits per heavy atom. The van der Waals surface area contributed by atoms with Crippen LogP contribution in [0.5, 0.6) is 0 Å². The first kappa shape index (κ1) is 11.5. The number of likely N-dealkylation sites (tertiary alicyclic amines) is 1. The third kappa shape index (κ3) is 3.64. The van der Waals surface area contributed by atoms with Crippen molar-refractivity contribution in [2.24, 2.45) is 0 Å². The second kappa shape index (κ2) is 5.98. The maximum absolute atomic E-state index is 11.0. The minimum absolute atomic E-state index is 0.409. The molecule has 1 aliphatic rings. The van der Waals surface area contributed by atoms with E-state index in [-0.39, 0.29) is 0 Å². The molecule has 0 aromatic rings. The summed E-state index contributed by atoms with van der Waals surface area (Å²) in [6.45, 7) is 2.37. The maximum Gasteiger partial charge on any atom is 0.336 e. The van der Waals surface area contributed by atoms with Crippen LogP contribution in [0.3, 0.4) is 0 Å². The Hall–Kier alpha value is -0.610. The second-order valence-corrected chi connectivity index (χ2v) is 3.75. The largest absolute Gasteiger partial charge is 0.467 e. The minimum atomic E-state index is -0.988. The monoisotopic (exact) mass is 201 g/mol. The summed E-state index contributed by atoms with van der Waals surface area (Å²) in [4.78, 5) is 13.1. The van der Waals surface area contributed by atoms with Crippen molar-refractivity contribution < 1.29 is 14.6 Å². The molecule has 14 heavy (non-hydrogen) atoms. The van der Waals surface area contributed by atoms with E-state index in [1.807, 2.05) is 0 Å². The molecule has 0 aromatic heterocycles. The van der Waals surface area contributed by atoms with Crippen molar-refractivity contribution in [3.63, 3.8) is 0 Å². The summed E-state index contributed by atoms with van der Waals surface area (Å²) in [6, 6.07) is 0. The quantitative estimate of drug-likeness (QED) is 0.671. The molecule has 1 saturated heterocycles. The molecule has 1 heterocycles. The molecule has 4 nitrogen and oxygen atoms in total. The van der Waals surface area contributed by atoms with Gasteiger partial charge in [-0.2, -0.15) is 0 Å². The van der Waals surface area contributed by atoms with Crippen LogP contribution in [0.2, 0.25) is 0 Å². The predicted octanol–water partition coefficient (Wildman–Crippen LogP) is 0.396. The molecule has 0 spiro atoms. The Kier molecular flexibility index (Phi) is 4.90. The first-order valence-electron chi connectivity index (χ1n) is 5.22. The van der Waals surface area contributed by atoms with E-state index in [1.54, 1.807) is 0 Å². The number of carbonyl (C=O) groups excluding carboxylic acids is 1. The topological polar surface area (TPSA) is 49.8 Å². The number of ether oxygens (including phenoxy) is 1. The van der Waals surface area contributed by atoms with Crippen molar-refractivity contribution in [3.05, 3.63) is 0 Å². The molecule has 0 aliphatic carbocycles. The van der Waals surface area contributed by atoms with Crippen molar-refractivity contribution in [2.75, 3.05) is 26.7 Å². The van der Waals surface area contributed by atoms with E-state index in [2.05, 4.69) is 9.64 Å². The Morgan fingerprint density at radius 2 is 1.93 bits per heavy atom. The number of β-amino-alcohol motifs (C(OH)–C–C–N with tert-alkyl or cyclic N) is 1. The molecular formula is C10H19NO3. The fraction of sp³-hybridized carbons (Fsp3) is 0.900. The SMILES string of the molecule is COC(=O)C(O)CN1CCCCCC1. The van der Waals surface area contributed by atoms with Gasteiger partial charge in [0.15, 0.2) is 6.10 Å². The summed E-state index contributed by atoms with van der Waals surface area (Å²) in [7, 11) is 1.30. The van der Waals surface area contributed by atoms with Crippen LogP contribution in [-0.4, -0.2) is 48.8 Å². The zero-order valence-corrected chi connectivity index (χ0v) is 8.74. The van der Waals surface area contributed by atoms with Gasteiger partial charge >= 0.3 is 5.97 Å². The zero-order chi connectivity index (χ0) is 10.4. The fourth-order valence-corrected chi connectivity index (χ4v) is 1.77. The van der Waals surface area contributed by atoms with Crippen molar-refractivity contribution in [1.29, 1.82) is 0 Å². The van der Waals surface area contributed by atoms with E-state index in [1.165, 1.54) is 20.0 Å². The Labute approximate surface area is 84.8 Å². The summed E-state index contributed by atoms with van der Waals surface area (Å²) < 4.78 is 4.47. The van der Waals surface area contributed by atoms with Crippen LogP contribution in [0.25, 0.3) is 0 Å². The number of hydrogen-bond acceptors (Lipinski definition) is 4. The van der Waals surface area contributed by atoms with E-state index in [9.17, 15) is 9.90 Å². The Balaban J connectivity index is 2.30. The summed E-state index contributed by atoms with van der Waals surface area (Å²) in [5.41, 5.74) is 0. The molecule has 1 fully saturated rings. The van der Waals surface area contributed by atoms with Gasteiger partial charge in [-0.05, 0) is 25.9 Å². The Morgan fingerprint density at radius 1 is 1.36 bits per heavy atom. The highest BCUT2D eigenvalue weighted by atomic mass is 16.5. The third-order valence-corrected chi connectivity index (χ3v) is 2.60. The van der Waals surface area contributed by atoms with Crippen molar-refractivity contribution >= 4 is 5.97 Å². The molecule has 1 aliphatic heterocycles. The fourth-order valence-electron chi connectivity index (χ4n) is 1.77. The van der Waals surface area contributed by atoms with Gasteiger partial charge in [-0.25, -0.2) is 4.79 Å². The van der Waals surface area contributed by atoms with Crippen LogP contribution >= 0.6 is 0 Å². The second-order valence-electron chi connectivity index (χ2n) is 3.75. The van der Waals surface area contributed by atoms with Gasteiger partial charge in [0, 0.05) is 6.54 Å². The van der Waals surface area contributed by atoms with Gasteiger partial charge < -0.3 is 14.7 Å². The van der Waals surface area contributed by atoms with Gasteiger partial charge in [-0.3, -0.25) is 0 Å². The number of methoxy groups -OCH3 is 1. The van der Waals surface area contributed by atoms with Gasteiger partial charge in [0.1, 0.15) is 0 Å². The van der Waals surface area contributed by atoms with Gasteiger partial charge in [0.05, 0.1) is 7.11 Å². The van der Waals surface area contributed by atoms with Crippen LogP contribution in [0, 0.1) is 0 Å². The number of aliphatic hydroxyl groups is 1. The van der Waals surface area contributed by atoms with Gasteiger partial charge in [-0.1, -0.05) is 12.8 Å². The summed E-state index contributed by atoms with van der Waals surface area (Å²) in [6.07, 6.45) is 3.84. The lowest BCUT2D eigenvalue weighted by molar-refractivity contribution is -0.151. The van der Waals surface area contributed by atoms with Crippen molar-refractivity contribution in [2.45, 2.75) is 31.8 Å². The van der Waals surface area contributed by atoms with Crippen LogP contribution in [0.4, 0.5) is 0 Å². The average Bonchev–Trinajstić information content (AvgIpc) is 2.45. The van der Waals surface area contributed by atoms with Crippen LogP contribution in [0.1, 0.15) is 25.7 Å². The van der Waals surface area contributed by atoms with Crippen LogP contribution in [0.15, 0.2) is 0 Å². The molecular weight excluding hydrogens is 182 g/mol. The summed E-state index contributed by atoms with van der Waals surface area (Å²) in [5.74, 6) is -0.533.